The maximum absolute atomic E-state index is 12.1. The Morgan fingerprint density at radius 1 is 1.32 bits per heavy atom. The van der Waals surface area contributed by atoms with E-state index in [-0.39, 0.29) is 6.09 Å². The summed E-state index contributed by atoms with van der Waals surface area (Å²) in [5, 5.41) is 0. The van der Waals surface area contributed by atoms with E-state index in [4.69, 9.17) is 4.74 Å². The zero-order valence-corrected chi connectivity index (χ0v) is 13.7. The molecule has 1 heterocycles. The monoisotopic (exact) mass is 299 g/mol. The van der Waals surface area contributed by atoms with Gasteiger partial charge in [0, 0.05) is 13.1 Å². The van der Waals surface area contributed by atoms with Crippen molar-refractivity contribution < 1.29 is 9.53 Å². The van der Waals surface area contributed by atoms with Gasteiger partial charge in [0.1, 0.15) is 5.60 Å². The number of rotatable bonds is 3. The van der Waals surface area contributed by atoms with Crippen LogP contribution in [0.5, 0.6) is 0 Å². The quantitative estimate of drug-likeness (QED) is 0.768. The number of allylic oxidation sites excluding steroid dienone is 1. The molecule has 22 heavy (non-hydrogen) atoms. The lowest BCUT2D eigenvalue weighted by Crippen LogP contribution is -2.41. The molecule has 0 spiro atoms. The first-order valence-electron chi connectivity index (χ1n) is 7.80. The van der Waals surface area contributed by atoms with E-state index in [9.17, 15) is 4.79 Å². The molecular weight excluding hydrogens is 274 g/mol. The van der Waals surface area contributed by atoms with E-state index in [1.54, 1.807) is 4.90 Å². The number of amides is 1. The van der Waals surface area contributed by atoms with Crippen LogP contribution in [0.3, 0.4) is 0 Å². The number of benzene rings is 1. The maximum atomic E-state index is 12.1. The maximum Gasteiger partial charge on any atom is 0.410 e. The lowest BCUT2D eigenvalue weighted by atomic mass is 10.0. The first kappa shape index (κ1) is 16.3. The molecule has 0 aliphatic carbocycles. The van der Waals surface area contributed by atoms with Gasteiger partial charge in [0.2, 0.25) is 0 Å². The standard InChI is InChI=1S/C19H25NO2/c1-19(2,3)22-18(21)20-14-8-13-17(15-20)12-7-11-16-9-5-4-6-10-16/h4-11,13,17H,12,14-15H2,1-3H3/b11-7+. The van der Waals surface area contributed by atoms with Crippen molar-refractivity contribution in [3.8, 4) is 0 Å². The Bertz CT molecular complexity index is 540. The van der Waals surface area contributed by atoms with Crippen LogP contribution >= 0.6 is 0 Å². The number of hydrogen-bond acceptors (Lipinski definition) is 2. The van der Waals surface area contributed by atoms with E-state index < -0.39 is 5.60 Å². The fourth-order valence-corrected chi connectivity index (χ4v) is 2.37. The second-order valence-corrected chi connectivity index (χ2v) is 6.62. The zero-order chi connectivity index (χ0) is 16.0. The number of ether oxygens (including phenoxy) is 1. The summed E-state index contributed by atoms with van der Waals surface area (Å²) in [5.74, 6) is 0.348. The van der Waals surface area contributed by atoms with E-state index in [1.807, 2.05) is 39.0 Å². The topological polar surface area (TPSA) is 29.5 Å². The Morgan fingerprint density at radius 2 is 2.05 bits per heavy atom. The highest BCUT2D eigenvalue weighted by Gasteiger charge is 2.24. The molecular formula is C19H25NO2. The normalized spacial score (nSPS) is 18.7. The minimum Gasteiger partial charge on any atom is -0.444 e. The zero-order valence-electron chi connectivity index (χ0n) is 13.7. The number of carbonyl (C=O) groups excluding carboxylic acids is 1. The Kier molecular flexibility index (Phi) is 5.42. The summed E-state index contributed by atoms with van der Waals surface area (Å²) >= 11 is 0. The number of hydrogen-bond donors (Lipinski definition) is 0. The predicted octanol–water partition coefficient (Wildman–Crippen LogP) is 4.51. The van der Waals surface area contributed by atoms with Gasteiger partial charge < -0.3 is 9.64 Å². The summed E-state index contributed by atoms with van der Waals surface area (Å²) in [6.45, 7) is 7.03. The minimum atomic E-state index is -0.443. The first-order chi connectivity index (χ1) is 10.4. The molecule has 1 aromatic carbocycles. The van der Waals surface area contributed by atoms with Crippen LogP contribution in [0.1, 0.15) is 32.8 Å². The summed E-state index contributed by atoms with van der Waals surface area (Å²) in [7, 11) is 0. The van der Waals surface area contributed by atoms with Gasteiger partial charge in [-0.15, -0.1) is 0 Å². The Morgan fingerprint density at radius 3 is 2.73 bits per heavy atom. The molecule has 0 N–H and O–H groups in total. The van der Waals surface area contributed by atoms with Crippen molar-refractivity contribution in [2.24, 2.45) is 5.92 Å². The van der Waals surface area contributed by atoms with E-state index in [0.29, 0.717) is 19.0 Å². The van der Waals surface area contributed by atoms with Crippen LogP contribution in [0.4, 0.5) is 4.79 Å². The second kappa shape index (κ2) is 7.30. The molecule has 1 atom stereocenters. The molecule has 3 nitrogen and oxygen atoms in total. The largest absolute Gasteiger partial charge is 0.444 e. The molecule has 1 aromatic rings. The molecule has 0 radical (unpaired) electrons. The van der Waals surface area contributed by atoms with Crippen molar-refractivity contribution in [1.29, 1.82) is 0 Å². The molecule has 118 valence electrons. The van der Waals surface area contributed by atoms with Crippen molar-refractivity contribution in [2.45, 2.75) is 32.8 Å². The van der Waals surface area contributed by atoms with Crippen LogP contribution in [0.15, 0.2) is 48.6 Å². The third-order valence-corrected chi connectivity index (χ3v) is 3.39. The summed E-state index contributed by atoms with van der Waals surface area (Å²) in [6, 6.07) is 10.2. The summed E-state index contributed by atoms with van der Waals surface area (Å²) in [4.78, 5) is 13.9. The second-order valence-electron chi connectivity index (χ2n) is 6.62. The van der Waals surface area contributed by atoms with E-state index in [1.165, 1.54) is 5.56 Å². The molecule has 1 unspecified atom stereocenters. The van der Waals surface area contributed by atoms with Gasteiger partial charge in [-0.25, -0.2) is 4.79 Å². The van der Waals surface area contributed by atoms with E-state index in [0.717, 1.165) is 6.42 Å². The smallest absolute Gasteiger partial charge is 0.410 e. The molecule has 1 amide bonds. The van der Waals surface area contributed by atoms with Gasteiger partial charge in [0.05, 0.1) is 0 Å². The van der Waals surface area contributed by atoms with E-state index >= 15 is 0 Å². The summed E-state index contributed by atoms with van der Waals surface area (Å²) in [5.41, 5.74) is 0.757. The van der Waals surface area contributed by atoms with Gasteiger partial charge >= 0.3 is 6.09 Å². The van der Waals surface area contributed by atoms with Gasteiger partial charge in [-0.05, 0) is 38.7 Å². The van der Waals surface area contributed by atoms with Crippen molar-refractivity contribution in [3.05, 3.63) is 54.1 Å². The number of nitrogens with zero attached hydrogens (tertiary/aromatic N) is 1. The Balaban J connectivity index is 1.86. The highest BCUT2D eigenvalue weighted by Crippen LogP contribution is 2.18. The molecule has 0 bridgehead atoms. The van der Waals surface area contributed by atoms with Crippen molar-refractivity contribution in [3.63, 3.8) is 0 Å². The fraction of sp³-hybridized carbons (Fsp3) is 0.421. The molecule has 0 fully saturated rings. The molecule has 0 saturated carbocycles. The van der Waals surface area contributed by atoms with Crippen LogP contribution in [0.25, 0.3) is 6.08 Å². The van der Waals surface area contributed by atoms with Crippen LogP contribution in [-0.4, -0.2) is 29.7 Å². The van der Waals surface area contributed by atoms with Crippen LogP contribution in [0.2, 0.25) is 0 Å². The van der Waals surface area contributed by atoms with E-state index in [2.05, 4.69) is 36.4 Å². The van der Waals surface area contributed by atoms with Crippen molar-refractivity contribution in [2.75, 3.05) is 13.1 Å². The predicted molar refractivity (Wildman–Crippen MR) is 90.5 cm³/mol. The summed E-state index contributed by atoms with van der Waals surface area (Å²) in [6.07, 6.45) is 9.23. The third kappa shape index (κ3) is 5.40. The van der Waals surface area contributed by atoms with Gasteiger partial charge in [-0.2, -0.15) is 0 Å². The van der Waals surface area contributed by atoms with Gasteiger partial charge in [-0.1, -0.05) is 54.6 Å². The minimum absolute atomic E-state index is 0.228. The molecule has 1 aliphatic heterocycles. The molecule has 3 heteroatoms. The average Bonchev–Trinajstić information content (AvgIpc) is 2.47. The highest BCUT2D eigenvalue weighted by molar-refractivity contribution is 5.68. The Hall–Kier alpha value is -2.03. The van der Waals surface area contributed by atoms with Crippen molar-refractivity contribution in [1.82, 2.24) is 4.90 Å². The van der Waals surface area contributed by atoms with Crippen LogP contribution in [0, 0.1) is 5.92 Å². The SMILES string of the molecule is CC(C)(C)OC(=O)N1CC=CC(C/C=C/c2ccccc2)C1. The van der Waals surface area contributed by atoms with Crippen LogP contribution < -0.4 is 0 Å². The number of carbonyl (C=O) groups is 1. The molecule has 2 rings (SSSR count). The fourth-order valence-electron chi connectivity index (χ4n) is 2.37. The van der Waals surface area contributed by atoms with Crippen LogP contribution in [-0.2, 0) is 4.74 Å². The lowest BCUT2D eigenvalue weighted by molar-refractivity contribution is 0.0245. The Labute approximate surface area is 133 Å². The lowest BCUT2D eigenvalue weighted by Gasteiger charge is -2.30. The molecule has 0 aromatic heterocycles. The summed E-state index contributed by atoms with van der Waals surface area (Å²) < 4.78 is 5.43. The van der Waals surface area contributed by atoms with Gasteiger partial charge in [-0.3, -0.25) is 0 Å². The average molecular weight is 299 g/mol. The van der Waals surface area contributed by atoms with Gasteiger partial charge in [0.25, 0.3) is 0 Å². The van der Waals surface area contributed by atoms with Crippen molar-refractivity contribution >= 4 is 12.2 Å². The van der Waals surface area contributed by atoms with Gasteiger partial charge in [0.15, 0.2) is 0 Å². The first-order valence-corrected chi connectivity index (χ1v) is 7.80. The molecule has 0 saturated heterocycles. The molecule has 1 aliphatic rings. The highest BCUT2D eigenvalue weighted by atomic mass is 16.6. The third-order valence-electron chi connectivity index (χ3n) is 3.39.